The maximum atomic E-state index is 3.63. The minimum atomic E-state index is 0.585. The molecule has 1 saturated carbocycles. The lowest BCUT2D eigenvalue weighted by atomic mass is 9.75. The van der Waals surface area contributed by atoms with Crippen molar-refractivity contribution in [1.82, 2.24) is 10.2 Å². The van der Waals surface area contributed by atoms with Crippen LogP contribution in [0.4, 0.5) is 0 Å². The van der Waals surface area contributed by atoms with E-state index in [1.165, 1.54) is 45.1 Å². The van der Waals surface area contributed by atoms with Gasteiger partial charge in [-0.2, -0.15) is 0 Å². The van der Waals surface area contributed by atoms with Gasteiger partial charge < -0.3 is 10.2 Å². The minimum absolute atomic E-state index is 0.585. The van der Waals surface area contributed by atoms with Gasteiger partial charge in [0.25, 0.3) is 0 Å². The zero-order valence-electron chi connectivity index (χ0n) is 13.3. The predicted molar refractivity (Wildman–Crippen MR) is 81.0 cm³/mol. The maximum absolute atomic E-state index is 3.63. The molecule has 1 N–H and O–H groups in total. The smallest absolute Gasteiger partial charge is 0.0194 e. The summed E-state index contributed by atoms with van der Waals surface area (Å²) in [5, 5.41) is 3.63. The second-order valence-corrected chi connectivity index (χ2v) is 6.88. The summed E-state index contributed by atoms with van der Waals surface area (Å²) in [6, 6.07) is 1.50. The molecule has 0 aromatic heterocycles. The van der Waals surface area contributed by atoms with Gasteiger partial charge in [-0.25, -0.2) is 0 Å². The van der Waals surface area contributed by atoms with Crippen LogP contribution in [0.15, 0.2) is 0 Å². The lowest BCUT2D eigenvalue weighted by Gasteiger charge is -2.39. The summed E-state index contributed by atoms with van der Waals surface area (Å²) in [4.78, 5) is 2.61. The lowest BCUT2D eigenvalue weighted by molar-refractivity contribution is 0.118. The lowest BCUT2D eigenvalue weighted by Crippen LogP contribution is -2.45. The number of nitrogens with one attached hydrogen (secondary N) is 1. The van der Waals surface area contributed by atoms with E-state index in [0.29, 0.717) is 11.5 Å². The third kappa shape index (κ3) is 5.27. The van der Waals surface area contributed by atoms with E-state index in [1.807, 2.05) is 0 Å². The highest BCUT2D eigenvalue weighted by Gasteiger charge is 2.29. The molecule has 2 heteroatoms. The van der Waals surface area contributed by atoms with Crippen molar-refractivity contribution in [2.75, 3.05) is 20.1 Å². The molecule has 0 heterocycles. The fourth-order valence-electron chi connectivity index (χ4n) is 3.22. The van der Waals surface area contributed by atoms with Crippen LogP contribution in [0.1, 0.15) is 66.2 Å². The first kappa shape index (κ1) is 16.0. The van der Waals surface area contributed by atoms with Crippen molar-refractivity contribution in [2.24, 2.45) is 5.41 Å². The molecule has 108 valence electrons. The maximum Gasteiger partial charge on any atom is 0.0194 e. The van der Waals surface area contributed by atoms with E-state index >= 15 is 0 Å². The third-order valence-corrected chi connectivity index (χ3v) is 4.57. The molecule has 0 spiro atoms. The fraction of sp³-hybridized carbons (Fsp3) is 1.00. The average molecular weight is 254 g/mol. The molecular weight excluding hydrogens is 220 g/mol. The van der Waals surface area contributed by atoms with Gasteiger partial charge in [0.2, 0.25) is 0 Å². The van der Waals surface area contributed by atoms with E-state index in [-0.39, 0.29) is 0 Å². The molecule has 0 aromatic rings. The van der Waals surface area contributed by atoms with Crippen LogP contribution in [0.2, 0.25) is 0 Å². The van der Waals surface area contributed by atoms with E-state index < -0.39 is 0 Å². The molecule has 0 saturated heterocycles. The summed E-state index contributed by atoms with van der Waals surface area (Å²) in [5.74, 6) is 0. The highest BCUT2D eigenvalue weighted by molar-refractivity contribution is 4.84. The van der Waals surface area contributed by atoms with E-state index in [0.717, 1.165) is 12.6 Å². The number of nitrogens with zero attached hydrogens (tertiary/aromatic N) is 1. The number of rotatable bonds is 7. The molecule has 1 fully saturated rings. The summed E-state index contributed by atoms with van der Waals surface area (Å²) >= 11 is 0. The van der Waals surface area contributed by atoms with Crippen LogP contribution in [-0.4, -0.2) is 37.1 Å². The summed E-state index contributed by atoms with van der Waals surface area (Å²) in [7, 11) is 2.32. The quantitative estimate of drug-likeness (QED) is 0.746. The third-order valence-electron chi connectivity index (χ3n) is 4.57. The molecule has 1 aliphatic rings. The van der Waals surface area contributed by atoms with E-state index in [2.05, 4.69) is 45.0 Å². The van der Waals surface area contributed by atoms with Crippen molar-refractivity contribution in [3.05, 3.63) is 0 Å². The molecule has 1 rings (SSSR count). The molecule has 1 aliphatic carbocycles. The van der Waals surface area contributed by atoms with E-state index in [4.69, 9.17) is 0 Å². The van der Waals surface area contributed by atoms with Gasteiger partial charge in [-0.15, -0.1) is 0 Å². The topological polar surface area (TPSA) is 15.3 Å². The normalized spacial score (nSPS) is 22.3. The Kier molecular flexibility index (Phi) is 6.65. The van der Waals surface area contributed by atoms with Gasteiger partial charge in [-0.05, 0) is 51.1 Å². The molecule has 1 unspecified atom stereocenters. The molecule has 0 radical (unpaired) electrons. The molecule has 0 amide bonds. The number of likely N-dealkylation sites (N-methyl/N-ethyl adjacent to an activating group) is 2. The Morgan fingerprint density at radius 1 is 1.22 bits per heavy atom. The summed E-state index contributed by atoms with van der Waals surface area (Å²) < 4.78 is 0. The zero-order valence-corrected chi connectivity index (χ0v) is 13.3. The number of hydrogen-bond donors (Lipinski definition) is 1. The van der Waals surface area contributed by atoms with Gasteiger partial charge in [0.1, 0.15) is 0 Å². The van der Waals surface area contributed by atoms with Crippen LogP contribution in [0.5, 0.6) is 0 Å². The van der Waals surface area contributed by atoms with Crippen molar-refractivity contribution < 1.29 is 0 Å². The molecule has 0 bridgehead atoms. The number of hydrogen-bond acceptors (Lipinski definition) is 2. The highest BCUT2D eigenvalue weighted by atomic mass is 15.2. The van der Waals surface area contributed by atoms with Crippen LogP contribution in [0.3, 0.4) is 0 Å². The average Bonchev–Trinajstić information content (AvgIpc) is 2.29. The Morgan fingerprint density at radius 2 is 1.83 bits per heavy atom. The van der Waals surface area contributed by atoms with Crippen LogP contribution in [0, 0.1) is 5.41 Å². The molecule has 0 aliphatic heterocycles. The first-order valence-corrected chi connectivity index (χ1v) is 7.92. The summed E-state index contributed by atoms with van der Waals surface area (Å²) in [6.07, 6.45) is 8.13. The SMILES string of the molecule is CCCC(CN(C)C1CCC(C)(C)CC1)NCC. The van der Waals surface area contributed by atoms with Crippen LogP contribution < -0.4 is 5.32 Å². The molecule has 1 atom stereocenters. The van der Waals surface area contributed by atoms with E-state index in [9.17, 15) is 0 Å². The highest BCUT2D eigenvalue weighted by Crippen LogP contribution is 2.36. The van der Waals surface area contributed by atoms with Crippen molar-refractivity contribution in [2.45, 2.75) is 78.3 Å². The second-order valence-electron chi connectivity index (χ2n) is 6.88. The van der Waals surface area contributed by atoms with Crippen molar-refractivity contribution in [3.63, 3.8) is 0 Å². The summed E-state index contributed by atoms with van der Waals surface area (Å²) in [5.41, 5.74) is 0.585. The molecule has 2 nitrogen and oxygen atoms in total. The Morgan fingerprint density at radius 3 is 2.33 bits per heavy atom. The Balaban J connectivity index is 2.37. The zero-order chi connectivity index (χ0) is 13.6. The predicted octanol–water partition coefficient (Wildman–Crippen LogP) is 3.67. The van der Waals surface area contributed by atoms with Gasteiger partial charge in [-0.1, -0.05) is 34.1 Å². The fourth-order valence-corrected chi connectivity index (χ4v) is 3.22. The van der Waals surface area contributed by atoms with Crippen LogP contribution in [0.25, 0.3) is 0 Å². The minimum Gasteiger partial charge on any atom is -0.313 e. The Labute approximate surface area is 115 Å². The van der Waals surface area contributed by atoms with Gasteiger partial charge in [-0.3, -0.25) is 0 Å². The Hall–Kier alpha value is -0.0800. The first-order chi connectivity index (χ1) is 8.48. The van der Waals surface area contributed by atoms with Crippen molar-refractivity contribution >= 4 is 0 Å². The van der Waals surface area contributed by atoms with Crippen molar-refractivity contribution in [1.29, 1.82) is 0 Å². The Bertz CT molecular complexity index is 209. The van der Waals surface area contributed by atoms with Crippen molar-refractivity contribution in [3.8, 4) is 0 Å². The first-order valence-electron chi connectivity index (χ1n) is 7.92. The van der Waals surface area contributed by atoms with Gasteiger partial charge in [0, 0.05) is 18.6 Å². The molecular formula is C16H34N2. The van der Waals surface area contributed by atoms with E-state index in [1.54, 1.807) is 0 Å². The van der Waals surface area contributed by atoms with Gasteiger partial charge in [0.05, 0.1) is 0 Å². The molecule has 0 aromatic carbocycles. The monoisotopic (exact) mass is 254 g/mol. The summed E-state index contributed by atoms with van der Waals surface area (Å²) in [6.45, 7) is 11.6. The van der Waals surface area contributed by atoms with Crippen LogP contribution in [-0.2, 0) is 0 Å². The van der Waals surface area contributed by atoms with Gasteiger partial charge in [0.15, 0.2) is 0 Å². The van der Waals surface area contributed by atoms with Crippen LogP contribution >= 0.6 is 0 Å². The standard InChI is InChI=1S/C16H34N2/c1-6-8-14(17-7-2)13-18(5)15-9-11-16(3,4)12-10-15/h14-15,17H,6-13H2,1-5H3. The second kappa shape index (κ2) is 7.49. The molecule has 18 heavy (non-hydrogen) atoms. The largest absolute Gasteiger partial charge is 0.313 e. The van der Waals surface area contributed by atoms with Gasteiger partial charge >= 0.3 is 0 Å².